The van der Waals surface area contributed by atoms with Gasteiger partial charge >= 0.3 is 7.82 Å². The normalized spacial score (nSPS) is 12.9. The summed E-state index contributed by atoms with van der Waals surface area (Å²) >= 11 is 0. The second-order valence-corrected chi connectivity index (χ2v) is 3.81. The van der Waals surface area contributed by atoms with Gasteiger partial charge in [-0.3, -0.25) is 0 Å². The third kappa shape index (κ3) is 7.94. The van der Waals surface area contributed by atoms with Gasteiger partial charge in [-0.25, -0.2) is 9.55 Å². The maximum Gasteiger partial charge on any atom is 0.466 e. The van der Waals surface area contributed by atoms with E-state index in [1.807, 2.05) is 18.7 Å². The predicted molar refractivity (Wildman–Crippen MR) is 51.5 cm³/mol. The average molecular weight is 222 g/mol. The van der Waals surface area contributed by atoms with Crippen LogP contribution in [0.15, 0.2) is 18.7 Å². The van der Waals surface area contributed by atoms with Gasteiger partial charge in [-0.05, 0) is 13.3 Å². The maximum absolute atomic E-state index is 8.88. The van der Waals surface area contributed by atoms with E-state index in [0.717, 1.165) is 6.42 Å². The topological polar surface area (TPSA) is 95.6 Å². The minimum atomic E-state index is -4.64. The van der Waals surface area contributed by atoms with Gasteiger partial charge in [-0.2, -0.15) is 0 Å². The molecule has 0 bridgehead atoms. The van der Waals surface area contributed by atoms with Crippen LogP contribution in [0.4, 0.5) is 0 Å². The minimum absolute atomic E-state index is 0.590. The Morgan fingerprint density at radius 1 is 1.50 bits per heavy atom. The Morgan fingerprint density at radius 3 is 2.29 bits per heavy atom. The highest BCUT2D eigenvalue weighted by Crippen LogP contribution is 2.25. The van der Waals surface area contributed by atoms with Crippen LogP contribution in [0.2, 0.25) is 0 Å². The second-order valence-electron chi connectivity index (χ2n) is 2.78. The molecule has 1 heterocycles. The summed E-state index contributed by atoms with van der Waals surface area (Å²) in [5, 5.41) is 0. The van der Waals surface area contributed by atoms with Crippen molar-refractivity contribution in [3.05, 3.63) is 18.7 Å². The molecule has 7 heteroatoms. The first-order valence-electron chi connectivity index (χ1n) is 4.10. The number of phosphoric acid groups is 1. The van der Waals surface area contributed by atoms with E-state index in [9.17, 15) is 0 Å². The fourth-order valence-electron chi connectivity index (χ4n) is 0.741. The molecule has 14 heavy (non-hydrogen) atoms. The monoisotopic (exact) mass is 222 g/mol. The molecule has 0 amide bonds. The van der Waals surface area contributed by atoms with Crippen molar-refractivity contribution < 1.29 is 19.2 Å². The van der Waals surface area contributed by atoms with Crippen molar-refractivity contribution in [1.29, 1.82) is 0 Å². The Morgan fingerprint density at radius 2 is 2.00 bits per heavy atom. The van der Waals surface area contributed by atoms with Crippen LogP contribution in [-0.4, -0.2) is 24.2 Å². The van der Waals surface area contributed by atoms with E-state index in [-0.39, 0.29) is 0 Å². The molecule has 1 aromatic heterocycles. The van der Waals surface area contributed by atoms with E-state index < -0.39 is 7.82 Å². The quantitative estimate of drug-likeness (QED) is 0.647. The first kappa shape index (κ1) is 13.3. The van der Waals surface area contributed by atoms with Crippen molar-refractivity contribution in [3.8, 4) is 0 Å². The molecule has 0 spiro atoms. The standard InChI is InChI=1S/C7H12N2.H3O4P/c1-3-7(2)9-5-4-8-6-9;1-5(2,3)4/h4-7H,3H2,1-2H3;(H3,1,2,3,4). The molecule has 0 saturated carbocycles. The number of imidazole rings is 1. The summed E-state index contributed by atoms with van der Waals surface area (Å²) in [4.78, 5) is 25.5. The summed E-state index contributed by atoms with van der Waals surface area (Å²) in [6, 6.07) is 0.590. The summed E-state index contributed by atoms with van der Waals surface area (Å²) in [6.45, 7) is 4.35. The highest BCUT2D eigenvalue weighted by Gasteiger charge is 2.00. The second kappa shape index (κ2) is 5.93. The summed E-state index contributed by atoms with van der Waals surface area (Å²) in [7, 11) is -4.64. The van der Waals surface area contributed by atoms with E-state index in [4.69, 9.17) is 19.2 Å². The first-order valence-corrected chi connectivity index (χ1v) is 5.66. The van der Waals surface area contributed by atoms with Crippen LogP contribution in [-0.2, 0) is 4.57 Å². The molecule has 82 valence electrons. The smallest absolute Gasteiger partial charge is 0.335 e. The summed E-state index contributed by atoms with van der Waals surface area (Å²) < 4.78 is 11.0. The van der Waals surface area contributed by atoms with Crippen molar-refractivity contribution in [1.82, 2.24) is 9.55 Å². The molecule has 1 atom stereocenters. The third-order valence-corrected chi connectivity index (χ3v) is 1.62. The van der Waals surface area contributed by atoms with Crippen LogP contribution >= 0.6 is 7.82 Å². The summed E-state index contributed by atoms with van der Waals surface area (Å²) in [6.07, 6.45) is 6.82. The van der Waals surface area contributed by atoms with E-state index in [1.165, 1.54) is 0 Å². The molecule has 0 radical (unpaired) electrons. The molecule has 0 fully saturated rings. The Kier molecular flexibility index (Phi) is 5.64. The lowest BCUT2D eigenvalue weighted by atomic mass is 10.3. The summed E-state index contributed by atoms with van der Waals surface area (Å²) in [5.41, 5.74) is 0. The van der Waals surface area contributed by atoms with Gasteiger partial charge in [0.05, 0.1) is 6.33 Å². The molecular weight excluding hydrogens is 207 g/mol. The average Bonchev–Trinajstić information content (AvgIpc) is 2.51. The molecular formula is C7H15N2O4P. The van der Waals surface area contributed by atoms with Gasteiger partial charge in [0.25, 0.3) is 0 Å². The van der Waals surface area contributed by atoms with Gasteiger partial charge in [0.2, 0.25) is 0 Å². The zero-order valence-electron chi connectivity index (χ0n) is 8.11. The van der Waals surface area contributed by atoms with Gasteiger partial charge in [0.15, 0.2) is 0 Å². The zero-order chi connectivity index (χ0) is 11.2. The Hall–Kier alpha value is -0.680. The number of nitrogens with zero attached hydrogens (tertiary/aromatic N) is 2. The number of hydrogen-bond acceptors (Lipinski definition) is 2. The van der Waals surface area contributed by atoms with Crippen molar-refractivity contribution >= 4 is 7.82 Å². The molecule has 0 aliphatic heterocycles. The maximum atomic E-state index is 8.88. The van der Waals surface area contributed by atoms with Crippen LogP contribution in [0.25, 0.3) is 0 Å². The molecule has 6 nitrogen and oxygen atoms in total. The number of hydrogen-bond donors (Lipinski definition) is 3. The SMILES string of the molecule is CCC(C)n1ccnc1.O=P(O)(O)O. The fraction of sp³-hybridized carbons (Fsp3) is 0.571. The van der Waals surface area contributed by atoms with Crippen LogP contribution in [0.5, 0.6) is 0 Å². The fourth-order valence-corrected chi connectivity index (χ4v) is 0.741. The number of aromatic nitrogens is 2. The van der Waals surface area contributed by atoms with Crippen LogP contribution in [0.3, 0.4) is 0 Å². The van der Waals surface area contributed by atoms with Gasteiger partial charge in [-0.15, -0.1) is 0 Å². The van der Waals surface area contributed by atoms with Crippen molar-refractivity contribution in [2.75, 3.05) is 0 Å². The lowest BCUT2D eigenvalue weighted by Crippen LogP contribution is -1.99. The molecule has 1 rings (SSSR count). The van der Waals surface area contributed by atoms with Gasteiger partial charge in [-0.1, -0.05) is 6.92 Å². The molecule has 0 aliphatic rings. The highest BCUT2D eigenvalue weighted by atomic mass is 31.2. The Bertz CT molecular complexity index is 274. The van der Waals surface area contributed by atoms with Crippen LogP contribution in [0, 0.1) is 0 Å². The lowest BCUT2D eigenvalue weighted by molar-refractivity contribution is 0.275. The Balaban J connectivity index is 0.000000292. The molecule has 1 unspecified atom stereocenters. The predicted octanol–water partition coefficient (Wildman–Crippen LogP) is 0.925. The van der Waals surface area contributed by atoms with Crippen molar-refractivity contribution in [2.24, 2.45) is 0 Å². The minimum Gasteiger partial charge on any atom is -0.335 e. The number of rotatable bonds is 2. The highest BCUT2D eigenvalue weighted by molar-refractivity contribution is 7.45. The third-order valence-electron chi connectivity index (χ3n) is 1.62. The zero-order valence-corrected chi connectivity index (χ0v) is 9.00. The van der Waals surface area contributed by atoms with Crippen molar-refractivity contribution in [2.45, 2.75) is 26.3 Å². The van der Waals surface area contributed by atoms with Crippen molar-refractivity contribution in [3.63, 3.8) is 0 Å². The van der Waals surface area contributed by atoms with E-state index in [0.29, 0.717) is 6.04 Å². The van der Waals surface area contributed by atoms with Gasteiger partial charge < -0.3 is 19.2 Å². The molecule has 1 aromatic rings. The van der Waals surface area contributed by atoms with E-state index in [1.54, 1.807) is 0 Å². The van der Waals surface area contributed by atoms with Crippen LogP contribution < -0.4 is 0 Å². The van der Waals surface area contributed by atoms with E-state index >= 15 is 0 Å². The Labute approximate surface area is 82.5 Å². The summed E-state index contributed by atoms with van der Waals surface area (Å²) in [5.74, 6) is 0. The van der Waals surface area contributed by atoms with Gasteiger partial charge in [0, 0.05) is 18.4 Å². The largest absolute Gasteiger partial charge is 0.466 e. The van der Waals surface area contributed by atoms with E-state index in [2.05, 4.69) is 23.4 Å². The lowest BCUT2D eigenvalue weighted by Gasteiger charge is -2.07. The van der Waals surface area contributed by atoms with Gasteiger partial charge in [0.1, 0.15) is 0 Å². The molecule has 3 N–H and O–H groups in total. The van der Waals surface area contributed by atoms with Crippen LogP contribution in [0.1, 0.15) is 26.3 Å². The molecule has 0 saturated heterocycles. The first-order chi connectivity index (χ1) is 6.34. The molecule has 0 aliphatic carbocycles. The molecule has 0 aromatic carbocycles.